The maximum Gasteiger partial charge on any atom is 0.228 e. The molecule has 0 bridgehead atoms. The van der Waals surface area contributed by atoms with E-state index in [1.807, 2.05) is 24.3 Å². The van der Waals surface area contributed by atoms with Gasteiger partial charge in [-0.05, 0) is 46.3 Å². The molecule has 4 N–H and O–H groups in total. The molecule has 8 heteroatoms. The summed E-state index contributed by atoms with van der Waals surface area (Å²) in [5, 5.41) is 19.8. The van der Waals surface area contributed by atoms with E-state index in [1.165, 1.54) is 0 Å². The maximum absolute atomic E-state index is 8.83. The minimum absolute atomic E-state index is 0.191. The highest BCUT2D eigenvalue weighted by Gasteiger charge is 2.11. The van der Waals surface area contributed by atoms with Gasteiger partial charge in [-0.25, -0.2) is 4.98 Å². The highest BCUT2D eigenvalue weighted by atomic mass is 79.9. The number of fused-ring (bicyclic) bond motifs is 1. The number of anilines is 1. The zero-order valence-corrected chi connectivity index (χ0v) is 13.8. The first-order valence-corrected chi connectivity index (χ1v) is 7.61. The van der Waals surface area contributed by atoms with Crippen molar-refractivity contribution in [2.24, 2.45) is 10.8 Å². The molecule has 0 unspecified atom stereocenters. The molecule has 3 rings (SSSR count). The lowest BCUT2D eigenvalue weighted by molar-refractivity contribution is 0.619. The quantitative estimate of drug-likeness (QED) is 0.361. The Balaban J connectivity index is 1.94. The molecule has 3 aromatic rings. The summed E-state index contributed by atoms with van der Waals surface area (Å²) in [6.07, 6.45) is 0. The molecule has 1 heterocycles. The lowest BCUT2D eigenvalue weighted by Crippen LogP contribution is -2.21. The number of aromatic nitrogens is 1. The van der Waals surface area contributed by atoms with Crippen molar-refractivity contribution in [3.8, 4) is 17.5 Å². The molecule has 0 aliphatic carbocycles. The van der Waals surface area contributed by atoms with Crippen molar-refractivity contribution in [2.45, 2.75) is 0 Å². The summed E-state index contributed by atoms with van der Waals surface area (Å²) >= 11 is 3.47. The Morgan fingerprint density at radius 1 is 1.33 bits per heavy atom. The fourth-order valence-electron chi connectivity index (χ4n) is 2.01. The third-order valence-corrected chi connectivity index (χ3v) is 3.84. The highest BCUT2D eigenvalue weighted by Crippen LogP contribution is 2.30. The second kappa shape index (κ2) is 6.52. The lowest BCUT2D eigenvalue weighted by Gasteiger charge is -2.00. The van der Waals surface area contributed by atoms with Crippen molar-refractivity contribution in [2.75, 3.05) is 5.43 Å². The first-order valence-electron chi connectivity index (χ1n) is 6.82. The SMILES string of the molecule is N#C/C(=N\Nc1ccc2oc(-c3ccccc3Br)nc2c1)C(=N)N. The Bertz CT molecular complexity index is 1000. The summed E-state index contributed by atoms with van der Waals surface area (Å²) in [4.78, 5) is 4.47. The van der Waals surface area contributed by atoms with Crippen LogP contribution in [0.3, 0.4) is 0 Å². The van der Waals surface area contributed by atoms with Gasteiger partial charge in [-0.2, -0.15) is 10.4 Å². The van der Waals surface area contributed by atoms with Gasteiger partial charge in [0.15, 0.2) is 11.4 Å². The number of nitrogens with one attached hydrogen (secondary N) is 2. The summed E-state index contributed by atoms with van der Waals surface area (Å²) in [5.41, 5.74) is 10.5. The zero-order valence-electron chi connectivity index (χ0n) is 12.2. The van der Waals surface area contributed by atoms with Crippen LogP contribution >= 0.6 is 15.9 Å². The fourth-order valence-corrected chi connectivity index (χ4v) is 2.47. The monoisotopic (exact) mass is 382 g/mol. The number of halogens is 1. The van der Waals surface area contributed by atoms with Gasteiger partial charge in [-0.1, -0.05) is 12.1 Å². The smallest absolute Gasteiger partial charge is 0.228 e. The van der Waals surface area contributed by atoms with Crippen LogP contribution in [0.5, 0.6) is 0 Å². The average Bonchev–Trinajstić information content (AvgIpc) is 2.98. The van der Waals surface area contributed by atoms with Crippen LogP contribution in [0.2, 0.25) is 0 Å². The molecule has 0 saturated carbocycles. The summed E-state index contributed by atoms with van der Waals surface area (Å²) in [6, 6.07) is 14.6. The lowest BCUT2D eigenvalue weighted by atomic mass is 10.2. The molecule has 7 nitrogen and oxygen atoms in total. The number of rotatable bonds is 4. The Morgan fingerprint density at radius 2 is 2.12 bits per heavy atom. The van der Waals surface area contributed by atoms with Crippen molar-refractivity contribution in [1.82, 2.24) is 4.98 Å². The largest absolute Gasteiger partial charge is 0.436 e. The van der Waals surface area contributed by atoms with Gasteiger partial charge in [0.05, 0.1) is 11.3 Å². The molecule has 24 heavy (non-hydrogen) atoms. The molecule has 0 radical (unpaired) electrons. The standard InChI is InChI=1S/C16H11BrN6O/c17-11-4-2-1-3-10(11)16-21-12-7-9(5-6-14(12)24-16)22-23-13(8-18)15(19)20/h1-7,22H,(H3,19,20)/b23-13+. The van der Waals surface area contributed by atoms with Gasteiger partial charge >= 0.3 is 0 Å². The van der Waals surface area contributed by atoms with Crippen LogP contribution in [0, 0.1) is 16.7 Å². The van der Waals surface area contributed by atoms with Gasteiger partial charge in [0, 0.05) is 4.47 Å². The molecule has 0 aliphatic rings. The number of hydrogen-bond acceptors (Lipinski definition) is 6. The average molecular weight is 383 g/mol. The van der Waals surface area contributed by atoms with E-state index in [1.54, 1.807) is 24.3 Å². The number of benzene rings is 2. The first kappa shape index (κ1) is 15.7. The number of nitrogens with two attached hydrogens (primary N) is 1. The number of oxazole rings is 1. The Labute approximate surface area is 145 Å². The van der Waals surface area contributed by atoms with E-state index in [9.17, 15) is 0 Å². The van der Waals surface area contributed by atoms with E-state index in [4.69, 9.17) is 20.8 Å². The van der Waals surface area contributed by atoms with Crippen molar-refractivity contribution >= 4 is 44.3 Å². The zero-order chi connectivity index (χ0) is 17.1. The molecule has 118 valence electrons. The third kappa shape index (κ3) is 3.11. The Kier molecular flexibility index (Phi) is 4.26. The minimum Gasteiger partial charge on any atom is -0.436 e. The maximum atomic E-state index is 8.83. The third-order valence-electron chi connectivity index (χ3n) is 3.15. The van der Waals surface area contributed by atoms with E-state index in [2.05, 4.69) is 31.4 Å². The molecular formula is C16H11BrN6O. The molecule has 0 amide bonds. The van der Waals surface area contributed by atoms with Crippen molar-refractivity contribution in [3.63, 3.8) is 0 Å². The Morgan fingerprint density at radius 3 is 2.83 bits per heavy atom. The van der Waals surface area contributed by atoms with E-state index in [0.29, 0.717) is 22.7 Å². The number of hydrogen-bond donors (Lipinski definition) is 3. The van der Waals surface area contributed by atoms with Crippen molar-refractivity contribution in [3.05, 3.63) is 46.9 Å². The van der Waals surface area contributed by atoms with Crippen molar-refractivity contribution in [1.29, 1.82) is 10.7 Å². The fraction of sp³-hybridized carbons (Fsp3) is 0. The van der Waals surface area contributed by atoms with Gasteiger partial charge in [0.1, 0.15) is 11.6 Å². The number of nitrogens with zero attached hydrogens (tertiary/aromatic N) is 3. The molecule has 2 aromatic carbocycles. The van der Waals surface area contributed by atoms with E-state index >= 15 is 0 Å². The summed E-state index contributed by atoms with van der Waals surface area (Å²) in [7, 11) is 0. The van der Waals surface area contributed by atoms with Crippen LogP contribution in [0.25, 0.3) is 22.6 Å². The minimum atomic E-state index is -0.399. The summed E-state index contributed by atoms with van der Waals surface area (Å²) in [5.74, 6) is 0.100. The molecule has 0 aliphatic heterocycles. The first-order chi connectivity index (χ1) is 11.6. The van der Waals surface area contributed by atoms with Gasteiger partial charge in [-0.15, -0.1) is 0 Å². The summed E-state index contributed by atoms with van der Waals surface area (Å²) in [6.45, 7) is 0. The second-order valence-electron chi connectivity index (χ2n) is 4.78. The molecule has 0 spiro atoms. The second-order valence-corrected chi connectivity index (χ2v) is 5.63. The van der Waals surface area contributed by atoms with Crippen LogP contribution in [-0.2, 0) is 0 Å². The molecule has 0 fully saturated rings. The Hall–Kier alpha value is -3.18. The number of nitriles is 1. The summed E-state index contributed by atoms with van der Waals surface area (Å²) < 4.78 is 6.65. The van der Waals surface area contributed by atoms with Crippen LogP contribution < -0.4 is 11.2 Å². The van der Waals surface area contributed by atoms with E-state index in [0.717, 1.165) is 10.0 Å². The van der Waals surface area contributed by atoms with Gasteiger partial charge in [0.25, 0.3) is 0 Å². The van der Waals surface area contributed by atoms with Gasteiger partial charge in [0.2, 0.25) is 11.6 Å². The normalized spacial score (nSPS) is 11.2. The molecule has 0 atom stereocenters. The highest BCUT2D eigenvalue weighted by molar-refractivity contribution is 9.10. The van der Waals surface area contributed by atoms with Gasteiger partial charge < -0.3 is 10.2 Å². The molecule has 1 aromatic heterocycles. The predicted molar refractivity (Wildman–Crippen MR) is 95.7 cm³/mol. The predicted octanol–water partition coefficient (Wildman–Crippen LogP) is 3.48. The van der Waals surface area contributed by atoms with Crippen LogP contribution in [-0.4, -0.2) is 16.5 Å². The van der Waals surface area contributed by atoms with E-state index in [-0.39, 0.29) is 5.71 Å². The molecule has 0 saturated heterocycles. The van der Waals surface area contributed by atoms with Gasteiger partial charge in [-0.3, -0.25) is 10.8 Å². The van der Waals surface area contributed by atoms with Crippen LogP contribution in [0.4, 0.5) is 5.69 Å². The topological polar surface area (TPSA) is 124 Å². The van der Waals surface area contributed by atoms with Crippen molar-refractivity contribution < 1.29 is 4.42 Å². The number of hydrazone groups is 1. The molecular weight excluding hydrogens is 372 g/mol. The van der Waals surface area contributed by atoms with Crippen LogP contribution in [0.1, 0.15) is 0 Å². The van der Waals surface area contributed by atoms with E-state index < -0.39 is 5.84 Å². The van der Waals surface area contributed by atoms with Crippen LogP contribution in [0.15, 0.2) is 56.5 Å². The number of amidine groups is 1.